The molecule has 0 amide bonds. The van der Waals surface area contributed by atoms with E-state index < -0.39 is 24.1 Å². The maximum Gasteiger partial charge on any atom is 0.332 e. The number of aromatic amines is 2. The van der Waals surface area contributed by atoms with Crippen molar-refractivity contribution in [1.82, 2.24) is 9.97 Å². The van der Waals surface area contributed by atoms with E-state index in [-0.39, 0.29) is 12.8 Å². The first-order valence-corrected chi connectivity index (χ1v) is 9.28. The number of fused-ring (bicyclic) bond motifs is 2. The summed E-state index contributed by atoms with van der Waals surface area (Å²) in [4.78, 5) is 27.0. The first kappa shape index (κ1) is 21.1. The average Bonchev–Trinajstić information content (AvgIpc) is 3.32. The number of hydrogen-bond donors (Lipinski definition) is 6. The van der Waals surface area contributed by atoms with Crippen LogP contribution in [0.1, 0.15) is 11.3 Å². The van der Waals surface area contributed by atoms with E-state index in [4.69, 9.17) is 10.2 Å². The summed E-state index contributed by atoms with van der Waals surface area (Å²) in [5.74, 6) is -2.39. The zero-order valence-corrected chi connectivity index (χ0v) is 15.9. The minimum Gasteiger partial charge on any atom is -0.479 e. The topological polar surface area (TPSA) is 147 Å². The van der Waals surface area contributed by atoms with Crippen molar-refractivity contribution in [1.29, 1.82) is 0 Å². The Kier molecular flexibility index (Phi) is 6.51. The summed E-state index contributed by atoms with van der Waals surface area (Å²) in [6.45, 7) is 0. The standard InChI is InChI=1S/2C11H11NO3/c13-10(11(14)15)5-7-6-12-9-4-2-1-3-8(7)9;13-10(11(14)15)6-8-5-7-3-1-2-4-9(7)12-8/h1-4,6,10,12-13H,5H2,(H,14,15);1-5,10,12-13H,6H2,(H,14,15). The lowest BCUT2D eigenvalue weighted by Gasteiger charge is -2.03. The van der Waals surface area contributed by atoms with Gasteiger partial charge in [0.15, 0.2) is 12.2 Å². The highest BCUT2D eigenvalue weighted by atomic mass is 16.4. The van der Waals surface area contributed by atoms with E-state index in [1.807, 2.05) is 54.6 Å². The molecular formula is C22H22N2O6. The molecule has 0 aliphatic heterocycles. The smallest absolute Gasteiger partial charge is 0.332 e. The van der Waals surface area contributed by atoms with Gasteiger partial charge < -0.3 is 30.4 Å². The fourth-order valence-corrected chi connectivity index (χ4v) is 3.14. The molecule has 156 valence electrons. The van der Waals surface area contributed by atoms with Crippen molar-refractivity contribution in [3.8, 4) is 0 Å². The van der Waals surface area contributed by atoms with Gasteiger partial charge in [-0.25, -0.2) is 9.59 Å². The molecule has 4 aromatic rings. The lowest BCUT2D eigenvalue weighted by atomic mass is 10.1. The van der Waals surface area contributed by atoms with Gasteiger partial charge in [0.05, 0.1) is 0 Å². The Morgan fingerprint density at radius 1 is 0.833 bits per heavy atom. The van der Waals surface area contributed by atoms with Crippen molar-refractivity contribution >= 4 is 33.7 Å². The number of benzene rings is 2. The summed E-state index contributed by atoms with van der Waals surface area (Å²) < 4.78 is 0. The first-order valence-electron chi connectivity index (χ1n) is 9.28. The molecule has 0 saturated heterocycles. The normalized spacial score (nSPS) is 12.9. The van der Waals surface area contributed by atoms with Crippen molar-refractivity contribution in [3.63, 3.8) is 0 Å². The van der Waals surface area contributed by atoms with Gasteiger partial charge in [-0.3, -0.25) is 0 Å². The number of H-pyrrole nitrogens is 2. The van der Waals surface area contributed by atoms with Gasteiger partial charge in [0.1, 0.15) is 0 Å². The van der Waals surface area contributed by atoms with Crippen LogP contribution in [-0.4, -0.2) is 54.5 Å². The molecule has 0 aliphatic carbocycles. The summed E-state index contributed by atoms with van der Waals surface area (Å²) >= 11 is 0. The van der Waals surface area contributed by atoms with Crippen LogP contribution in [0.3, 0.4) is 0 Å². The monoisotopic (exact) mass is 410 g/mol. The van der Waals surface area contributed by atoms with E-state index in [9.17, 15) is 19.8 Å². The van der Waals surface area contributed by atoms with Crippen molar-refractivity contribution < 1.29 is 30.0 Å². The third-order valence-corrected chi connectivity index (χ3v) is 4.66. The van der Waals surface area contributed by atoms with Gasteiger partial charge in [0.2, 0.25) is 0 Å². The number of hydrogen-bond acceptors (Lipinski definition) is 4. The van der Waals surface area contributed by atoms with Crippen LogP contribution >= 0.6 is 0 Å². The lowest BCUT2D eigenvalue weighted by molar-refractivity contribution is -0.147. The summed E-state index contributed by atoms with van der Waals surface area (Å²) in [6.07, 6.45) is -0.734. The van der Waals surface area contributed by atoms with Gasteiger partial charge in [0.25, 0.3) is 0 Å². The Hall–Kier alpha value is -3.62. The largest absolute Gasteiger partial charge is 0.479 e. The fraction of sp³-hybridized carbons (Fsp3) is 0.182. The Labute approximate surface area is 171 Å². The molecule has 0 saturated carbocycles. The molecule has 2 aromatic carbocycles. The molecular weight excluding hydrogens is 388 g/mol. The Bertz CT molecular complexity index is 1120. The summed E-state index contributed by atoms with van der Waals surface area (Å²) in [5.41, 5.74) is 3.45. The second-order valence-corrected chi connectivity index (χ2v) is 6.86. The van der Waals surface area contributed by atoms with E-state index in [1.54, 1.807) is 6.20 Å². The van der Waals surface area contributed by atoms with Crippen molar-refractivity contribution in [2.45, 2.75) is 25.0 Å². The zero-order valence-electron chi connectivity index (χ0n) is 15.9. The summed E-state index contributed by atoms with van der Waals surface area (Å²) in [7, 11) is 0. The third kappa shape index (κ3) is 5.05. The van der Waals surface area contributed by atoms with E-state index in [0.717, 1.165) is 33.1 Å². The van der Waals surface area contributed by atoms with Crippen LogP contribution < -0.4 is 0 Å². The van der Waals surface area contributed by atoms with Gasteiger partial charge >= 0.3 is 11.9 Å². The number of carbonyl (C=O) groups is 2. The van der Waals surface area contributed by atoms with Gasteiger partial charge in [-0.2, -0.15) is 0 Å². The van der Waals surface area contributed by atoms with Gasteiger partial charge in [0, 0.05) is 41.2 Å². The third-order valence-electron chi connectivity index (χ3n) is 4.66. The lowest BCUT2D eigenvalue weighted by Crippen LogP contribution is -2.22. The SMILES string of the molecule is O=C(O)C(O)Cc1c[nH]c2ccccc12.O=C(O)C(O)Cc1cc2ccccc2[nH]1. The molecule has 8 heteroatoms. The molecule has 0 bridgehead atoms. The number of aliphatic carboxylic acids is 2. The minimum absolute atomic E-state index is 0.101. The maximum absolute atomic E-state index is 10.5. The molecule has 2 unspecified atom stereocenters. The zero-order chi connectivity index (χ0) is 21.7. The Balaban J connectivity index is 0.000000171. The van der Waals surface area contributed by atoms with Crippen LogP contribution in [0.15, 0.2) is 60.8 Å². The maximum atomic E-state index is 10.5. The highest BCUT2D eigenvalue weighted by Crippen LogP contribution is 2.19. The number of rotatable bonds is 6. The molecule has 2 atom stereocenters. The van der Waals surface area contributed by atoms with Crippen LogP contribution in [0, 0.1) is 0 Å². The van der Waals surface area contributed by atoms with Crippen LogP contribution in [0.25, 0.3) is 21.8 Å². The quantitative estimate of drug-likeness (QED) is 0.287. The van der Waals surface area contributed by atoms with Gasteiger partial charge in [-0.15, -0.1) is 0 Å². The minimum atomic E-state index is -1.35. The van der Waals surface area contributed by atoms with E-state index in [0.29, 0.717) is 0 Å². The number of aromatic nitrogens is 2. The number of aliphatic hydroxyl groups excluding tert-OH is 2. The molecule has 8 nitrogen and oxygen atoms in total. The van der Waals surface area contributed by atoms with Crippen molar-refractivity contribution in [2.75, 3.05) is 0 Å². The molecule has 30 heavy (non-hydrogen) atoms. The molecule has 0 fully saturated rings. The molecule has 2 heterocycles. The summed E-state index contributed by atoms with van der Waals surface area (Å²) in [6, 6.07) is 17.1. The molecule has 6 N–H and O–H groups in total. The van der Waals surface area contributed by atoms with Crippen molar-refractivity contribution in [2.24, 2.45) is 0 Å². The number of para-hydroxylation sites is 2. The second kappa shape index (κ2) is 9.25. The van der Waals surface area contributed by atoms with Crippen LogP contribution in [0.2, 0.25) is 0 Å². The number of nitrogens with one attached hydrogen (secondary N) is 2. The highest BCUT2D eigenvalue weighted by molar-refractivity contribution is 5.84. The molecule has 2 aromatic heterocycles. The molecule has 0 aliphatic rings. The molecule has 4 rings (SSSR count). The molecule has 0 radical (unpaired) electrons. The molecule has 0 spiro atoms. The Morgan fingerprint density at radius 2 is 1.43 bits per heavy atom. The van der Waals surface area contributed by atoms with Crippen LogP contribution in [-0.2, 0) is 22.4 Å². The highest BCUT2D eigenvalue weighted by Gasteiger charge is 2.16. The first-order chi connectivity index (χ1) is 14.3. The summed E-state index contributed by atoms with van der Waals surface area (Å²) in [5, 5.41) is 37.6. The van der Waals surface area contributed by atoms with Gasteiger partial charge in [-0.05, 0) is 29.1 Å². The van der Waals surface area contributed by atoms with Crippen LogP contribution in [0.4, 0.5) is 0 Å². The fourth-order valence-electron chi connectivity index (χ4n) is 3.14. The van der Waals surface area contributed by atoms with E-state index >= 15 is 0 Å². The predicted octanol–water partition coefficient (Wildman–Crippen LogP) is 2.31. The van der Waals surface area contributed by atoms with Crippen molar-refractivity contribution in [3.05, 3.63) is 72.1 Å². The average molecular weight is 410 g/mol. The Morgan fingerprint density at radius 3 is 2.10 bits per heavy atom. The predicted molar refractivity (Wildman–Crippen MR) is 111 cm³/mol. The van der Waals surface area contributed by atoms with E-state index in [1.165, 1.54) is 0 Å². The number of aliphatic hydroxyl groups is 2. The number of carboxylic acid groups (broad SMARTS) is 2. The number of carboxylic acids is 2. The second-order valence-electron chi connectivity index (χ2n) is 6.86. The van der Waals surface area contributed by atoms with Crippen LogP contribution in [0.5, 0.6) is 0 Å². The van der Waals surface area contributed by atoms with E-state index in [2.05, 4.69) is 9.97 Å². The van der Waals surface area contributed by atoms with Gasteiger partial charge in [-0.1, -0.05) is 36.4 Å².